The van der Waals surface area contributed by atoms with Gasteiger partial charge in [0, 0.05) is 13.6 Å². The van der Waals surface area contributed by atoms with Gasteiger partial charge < -0.3 is 15.8 Å². The summed E-state index contributed by atoms with van der Waals surface area (Å²) in [5, 5.41) is 11.7. The van der Waals surface area contributed by atoms with E-state index in [1.54, 1.807) is 11.9 Å². The largest absolute Gasteiger partial charge is 0.409 e. The molecule has 0 saturated heterocycles. The van der Waals surface area contributed by atoms with Gasteiger partial charge in [-0.15, -0.1) is 0 Å². The van der Waals surface area contributed by atoms with Gasteiger partial charge in [0.1, 0.15) is 0 Å². The molecule has 1 unspecified atom stereocenters. The molecule has 1 amide bonds. The van der Waals surface area contributed by atoms with Crippen LogP contribution in [0.5, 0.6) is 0 Å². The van der Waals surface area contributed by atoms with Gasteiger partial charge in [0.05, 0.1) is 5.92 Å². The predicted octanol–water partition coefficient (Wildman–Crippen LogP) is 1.81. The van der Waals surface area contributed by atoms with E-state index in [-0.39, 0.29) is 11.7 Å². The average molecular weight is 263 g/mol. The Morgan fingerprint density at radius 3 is 2.58 bits per heavy atom. The Morgan fingerprint density at radius 2 is 2.05 bits per heavy atom. The molecule has 1 atom stereocenters. The van der Waals surface area contributed by atoms with Crippen molar-refractivity contribution in [2.75, 3.05) is 7.05 Å². The Morgan fingerprint density at radius 1 is 1.42 bits per heavy atom. The summed E-state index contributed by atoms with van der Waals surface area (Å²) in [6.07, 6.45) is 1.37. The summed E-state index contributed by atoms with van der Waals surface area (Å²) < 4.78 is 0. The highest BCUT2D eigenvalue weighted by molar-refractivity contribution is 6.01. The zero-order valence-corrected chi connectivity index (χ0v) is 11.4. The SMILES string of the molecule is CCCC(C(=O)N(C)Cc1ccccc1)C(N)=NO. The third-order valence-corrected chi connectivity index (χ3v) is 2.99. The first-order chi connectivity index (χ1) is 9.10. The maximum absolute atomic E-state index is 12.3. The Bertz CT molecular complexity index is 432. The van der Waals surface area contributed by atoms with Crippen LogP contribution < -0.4 is 5.73 Å². The summed E-state index contributed by atoms with van der Waals surface area (Å²) in [4.78, 5) is 13.9. The first-order valence-corrected chi connectivity index (χ1v) is 6.36. The number of amidine groups is 1. The number of amides is 1. The van der Waals surface area contributed by atoms with E-state index in [0.29, 0.717) is 13.0 Å². The van der Waals surface area contributed by atoms with Crippen LogP contribution in [0, 0.1) is 5.92 Å². The molecule has 0 saturated carbocycles. The summed E-state index contributed by atoms with van der Waals surface area (Å²) in [5.41, 5.74) is 6.64. The van der Waals surface area contributed by atoms with Crippen molar-refractivity contribution in [3.8, 4) is 0 Å². The molecule has 0 aliphatic heterocycles. The zero-order valence-electron chi connectivity index (χ0n) is 11.4. The van der Waals surface area contributed by atoms with Gasteiger partial charge in [-0.05, 0) is 12.0 Å². The van der Waals surface area contributed by atoms with Gasteiger partial charge in [-0.25, -0.2) is 0 Å². The van der Waals surface area contributed by atoms with Crippen molar-refractivity contribution in [2.24, 2.45) is 16.8 Å². The minimum absolute atomic E-state index is 0.0215. The molecule has 5 heteroatoms. The van der Waals surface area contributed by atoms with Gasteiger partial charge in [0.25, 0.3) is 0 Å². The molecule has 0 aromatic heterocycles. The molecular formula is C14H21N3O2. The quantitative estimate of drug-likeness (QED) is 0.355. The Labute approximate surface area is 113 Å². The molecule has 0 bridgehead atoms. The van der Waals surface area contributed by atoms with E-state index in [1.165, 1.54) is 0 Å². The van der Waals surface area contributed by atoms with E-state index in [2.05, 4.69) is 5.16 Å². The number of hydrogen-bond acceptors (Lipinski definition) is 3. The fourth-order valence-electron chi connectivity index (χ4n) is 1.96. The van der Waals surface area contributed by atoms with Crippen molar-refractivity contribution in [1.29, 1.82) is 0 Å². The van der Waals surface area contributed by atoms with Crippen molar-refractivity contribution >= 4 is 11.7 Å². The molecule has 19 heavy (non-hydrogen) atoms. The second-order valence-corrected chi connectivity index (χ2v) is 4.55. The summed E-state index contributed by atoms with van der Waals surface area (Å²) in [7, 11) is 1.72. The first kappa shape index (κ1) is 15.0. The van der Waals surface area contributed by atoms with Crippen molar-refractivity contribution in [1.82, 2.24) is 4.90 Å². The number of nitrogens with zero attached hydrogens (tertiary/aromatic N) is 2. The van der Waals surface area contributed by atoms with Crippen molar-refractivity contribution in [2.45, 2.75) is 26.3 Å². The van der Waals surface area contributed by atoms with E-state index in [1.807, 2.05) is 37.3 Å². The molecule has 0 aliphatic rings. The number of carbonyl (C=O) groups is 1. The zero-order chi connectivity index (χ0) is 14.3. The summed E-state index contributed by atoms with van der Waals surface area (Å²) in [6, 6.07) is 9.72. The maximum atomic E-state index is 12.3. The van der Waals surface area contributed by atoms with Gasteiger partial charge in [-0.2, -0.15) is 0 Å². The number of carbonyl (C=O) groups excluding carboxylic acids is 1. The summed E-state index contributed by atoms with van der Waals surface area (Å²) in [6.45, 7) is 2.47. The highest BCUT2D eigenvalue weighted by Crippen LogP contribution is 2.12. The van der Waals surface area contributed by atoms with E-state index < -0.39 is 5.92 Å². The Kier molecular flexibility index (Phi) is 5.85. The van der Waals surface area contributed by atoms with Gasteiger partial charge in [-0.1, -0.05) is 48.8 Å². The van der Waals surface area contributed by atoms with Crippen LogP contribution in [-0.4, -0.2) is 28.9 Å². The van der Waals surface area contributed by atoms with E-state index in [9.17, 15) is 4.79 Å². The van der Waals surface area contributed by atoms with Gasteiger partial charge in [-0.3, -0.25) is 4.79 Å². The molecule has 1 aromatic carbocycles. The minimum atomic E-state index is -0.552. The average Bonchev–Trinajstić information content (AvgIpc) is 2.44. The minimum Gasteiger partial charge on any atom is -0.409 e. The van der Waals surface area contributed by atoms with Crippen LogP contribution in [0.15, 0.2) is 35.5 Å². The smallest absolute Gasteiger partial charge is 0.233 e. The predicted molar refractivity (Wildman–Crippen MR) is 74.7 cm³/mol. The molecule has 5 nitrogen and oxygen atoms in total. The van der Waals surface area contributed by atoms with Gasteiger partial charge >= 0.3 is 0 Å². The fraction of sp³-hybridized carbons (Fsp3) is 0.429. The maximum Gasteiger partial charge on any atom is 0.233 e. The fourth-order valence-corrected chi connectivity index (χ4v) is 1.96. The van der Waals surface area contributed by atoms with Crippen molar-refractivity contribution in [3.05, 3.63) is 35.9 Å². The molecule has 3 N–H and O–H groups in total. The summed E-state index contributed by atoms with van der Waals surface area (Å²) >= 11 is 0. The van der Waals surface area contributed by atoms with E-state index in [0.717, 1.165) is 12.0 Å². The highest BCUT2D eigenvalue weighted by Gasteiger charge is 2.25. The lowest BCUT2D eigenvalue weighted by Gasteiger charge is -2.22. The second kappa shape index (κ2) is 7.41. The van der Waals surface area contributed by atoms with E-state index >= 15 is 0 Å². The second-order valence-electron chi connectivity index (χ2n) is 4.55. The molecule has 0 fully saturated rings. The lowest BCUT2D eigenvalue weighted by Crippen LogP contribution is -2.39. The molecule has 1 rings (SSSR count). The molecule has 1 aromatic rings. The number of hydrogen-bond donors (Lipinski definition) is 2. The standard InChI is InChI=1S/C14H21N3O2/c1-3-7-12(13(15)16-19)14(18)17(2)10-11-8-5-4-6-9-11/h4-6,8-9,12,19H,3,7,10H2,1-2H3,(H2,15,16). The molecule has 0 aliphatic carbocycles. The van der Waals surface area contributed by atoms with Crippen LogP contribution in [0.4, 0.5) is 0 Å². The number of nitrogens with two attached hydrogens (primary N) is 1. The number of oxime groups is 1. The van der Waals surface area contributed by atoms with Crippen LogP contribution in [0.3, 0.4) is 0 Å². The first-order valence-electron chi connectivity index (χ1n) is 6.36. The van der Waals surface area contributed by atoms with Crippen LogP contribution in [-0.2, 0) is 11.3 Å². The lowest BCUT2D eigenvalue weighted by molar-refractivity contribution is -0.132. The highest BCUT2D eigenvalue weighted by atomic mass is 16.4. The van der Waals surface area contributed by atoms with Gasteiger partial charge in [0.2, 0.25) is 5.91 Å². The monoisotopic (exact) mass is 263 g/mol. The normalized spacial score (nSPS) is 13.1. The lowest BCUT2D eigenvalue weighted by atomic mass is 10.0. The van der Waals surface area contributed by atoms with Gasteiger partial charge in [0.15, 0.2) is 5.84 Å². The molecule has 104 valence electrons. The van der Waals surface area contributed by atoms with Crippen LogP contribution in [0.1, 0.15) is 25.3 Å². The van der Waals surface area contributed by atoms with Crippen LogP contribution >= 0.6 is 0 Å². The van der Waals surface area contributed by atoms with E-state index in [4.69, 9.17) is 10.9 Å². The Hall–Kier alpha value is -2.04. The number of benzene rings is 1. The molecule has 0 spiro atoms. The molecule has 0 radical (unpaired) electrons. The van der Waals surface area contributed by atoms with Crippen molar-refractivity contribution in [3.63, 3.8) is 0 Å². The molecule has 0 heterocycles. The Balaban J connectivity index is 2.74. The topological polar surface area (TPSA) is 78.9 Å². The third kappa shape index (κ3) is 4.28. The van der Waals surface area contributed by atoms with Crippen molar-refractivity contribution < 1.29 is 10.0 Å². The third-order valence-electron chi connectivity index (χ3n) is 2.99. The van der Waals surface area contributed by atoms with Crippen LogP contribution in [0.2, 0.25) is 0 Å². The number of rotatable bonds is 6. The van der Waals surface area contributed by atoms with Crippen LogP contribution in [0.25, 0.3) is 0 Å². The summed E-state index contributed by atoms with van der Waals surface area (Å²) in [5.74, 6) is -0.698. The molecular weight excluding hydrogens is 242 g/mol.